The molecule has 0 aliphatic heterocycles. The van der Waals surface area contributed by atoms with Crippen LogP contribution in [0.1, 0.15) is 30.5 Å². The Bertz CT molecular complexity index is 1350. The molecule has 3 aromatic carbocycles. The summed E-state index contributed by atoms with van der Waals surface area (Å²) in [5.74, 6) is -1.34. The summed E-state index contributed by atoms with van der Waals surface area (Å²) in [4.78, 5) is 28.8. The minimum Gasteiger partial charge on any atom is -0.352 e. The lowest BCUT2D eigenvalue weighted by molar-refractivity contribution is -0.140. The Kier molecular flexibility index (Phi) is 9.63. The lowest BCUT2D eigenvalue weighted by atomic mass is 10.0. The van der Waals surface area contributed by atoms with Gasteiger partial charge < -0.3 is 10.2 Å². The molecule has 3 rings (SSSR count). The molecule has 0 saturated heterocycles. The number of carbonyl (C=O) groups is 2. The summed E-state index contributed by atoms with van der Waals surface area (Å²) in [6.07, 6.45) is 1.26. The van der Waals surface area contributed by atoms with Gasteiger partial charge in [-0.05, 0) is 55.7 Å². The number of sulfonamides is 1. The van der Waals surface area contributed by atoms with Gasteiger partial charge in [0.15, 0.2) is 0 Å². The van der Waals surface area contributed by atoms with Crippen LogP contribution in [0.3, 0.4) is 0 Å². The number of amides is 2. The van der Waals surface area contributed by atoms with Crippen molar-refractivity contribution < 1.29 is 22.4 Å². The molecule has 0 saturated carbocycles. The predicted molar refractivity (Wildman–Crippen MR) is 148 cm³/mol. The molecule has 0 aromatic heterocycles. The largest absolute Gasteiger partial charge is 0.352 e. The molecule has 38 heavy (non-hydrogen) atoms. The molecule has 2 amide bonds. The SMILES string of the molecule is Cc1ccccc1N(CC(=O)N(Cc1ccc(F)cc1)[C@@H](Cc1ccccc1)C(=O)NC(C)C)S(C)(=O)=O. The van der Waals surface area contributed by atoms with Gasteiger partial charge in [0.05, 0.1) is 11.9 Å². The molecule has 9 heteroatoms. The number of carbonyl (C=O) groups excluding carboxylic acids is 2. The van der Waals surface area contributed by atoms with E-state index in [-0.39, 0.29) is 24.9 Å². The van der Waals surface area contributed by atoms with Gasteiger partial charge in [-0.25, -0.2) is 12.8 Å². The summed E-state index contributed by atoms with van der Waals surface area (Å²) in [6.45, 7) is 4.92. The number of benzene rings is 3. The van der Waals surface area contributed by atoms with Crippen molar-refractivity contribution in [1.29, 1.82) is 0 Å². The molecule has 0 spiro atoms. The van der Waals surface area contributed by atoms with Gasteiger partial charge in [0.2, 0.25) is 21.8 Å². The fourth-order valence-electron chi connectivity index (χ4n) is 4.16. The number of aryl methyl sites for hydroxylation is 1. The van der Waals surface area contributed by atoms with Crippen molar-refractivity contribution in [2.24, 2.45) is 0 Å². The van der Waals surface area contributed by atoms with E-state index in [2.05, 4.69) is 5.32 Å². The van der Waals surface area contributed by atoms with Crippen LogP contribution in [0.25, 0.3) is 0 Å². The number of hydrogen-bond donors (Lipinski definition) is 1. The van der Waals surface area contributed by atoms with Gasteiger partial charge in [-0.1, -0.05) is 60.7 Å². The monoisotopic (exact) mass is 539 g/mol. The Labute approximate surface area is 224 Å². The highest BCUT2D eigenvalue weighted by Gasteiger charge is 2.33. The molecular formula is C29H34FN3O4S. The molecule has 0 heterocycles. The van der Waals surface area contributed by atoms with E-state index in [1.807, 2.05) is 44.2 Å². The highest BCUT2D eigenvalue weighted by atomic mass is 32.2. The second kappa shape index (κ2) is 12.7. The van der Waals surface area contributed by atoms with E-state index in [9.17, 15) is 22.4 Å². The zero-order chi connectivity index (χ0) is 27.9. The van der Waals surface area contributed by atoms with E-state index in [4.69, 9.17) is 0 Å². The van der Waals surface area contributed by atoms with Gasteiger partial charge in [0, 0.05) is 19.0 Å². The van der Waals surface area contributed by atoms with Crippen molar-refractivity contribution in [3.63, 3.8) is 0 Å². The van der Waals surface area contributed by atoms with Crippen LogP contribution in [0.2, 0.25) is 0 Å². The highest BCUT2D eigenvalue weighted by molar-refractivity contribution is 7.92. The van der Waals surface area contributed by atoms with Crippen molar-refractivity contribution in [2.75, 3.05) is 17.1 Å². The zero-order valence-corrected chi connectivity index (χ0v) is 22.9. The van der Waals surface area contributed by atoms with E-state index < -0.39 is 34.3 Å². The van der Waals surface area contributed by atoms with Crippen LogP contribution in [-0.4, -0.2) is 50.0 Å². The van der Waals surface area contributed by atoms with E-state index >= 15 is 0 Å². The maximum absolute atomic E-state index is 13.9. The molecule has 0 bridgehead atoms. The van der Waals surface area contributed by atoms with E-state index in [1.165, 1.54) is 17.0 Å². The summed E-state index contributed by atoms with van der Waals surface area (Å²) >= 11 is 0. The first-order valence-corrected chi connectivity index (χ1v) is 14.2. The van der Waals surface area contributed by atoms with Crippen LogP contribution in [-0.2, 0) is 32.6 Å². The summed E-state index contributed by atoms with van der Waals surface area (Å²) < 4.78 is 40.3. The van der Waals surface area contributed by atoms with Gasteiger partial charge in [0.1, 0.15) is 18.4 Å². The summed E-state index contributed by atoms with van der Waals surface area (Å²) in [5, 5.41) is 2.89. The first-order chi connectivity index (χ1) is 18.0. The van der Waals surface area contributed by atoms with Gasteiger partial charge >= 0.3 is 0 Å². The normalized spacial score (nSPS) is 12.2. The minimum atomic E-state index is -3.84. The van der Waals surface area contributed by atoms with E-state index in [1.54, 1.807) is 43.3 Å². The minimum absolute atomic E-state index is 0.00645. The van der Waals surface area contributed by atoms with Crippen LogP contribution in [0.5, 0.6) is 0 Å². The molecule has 7 nitrogen and oxygen atoms in total. The number of anilines is 1. The summed E-state index contributed by atoms with van der Waals surface area (Å²) in [6, 6.07) is 20.7. The Morgan fingerprint density at radius 1 is 0.895 bits per heavy atom. The van der Waals surface area contributed by atoms with E-state index in [0.717, 1.165) is 16.1 Å². The summed E-state index contributed by atoms with van der Waals surface area (Å²) in [5.41, 5.74) is 2.52. The van der Waals surface area contributed by atoms with Gasteiger partial charge in [-0.2, -0.15) is 0 Å². The smallest absolute Gasteiger partial charge is 0.244 e. The van der Waals surface area contributed by atoms with Crippen LogP contribution < -0.4 is 9.62 Å². The quantitative estimate of drug-likeness (QED) is 0.398. The molecule has 1 N–H and O–H groups in total. The number of para-hydroxylation sites is 1. The molecule has 0 radical (unpaired) electrons. The Morgan fingerprint density at radius 2 is 1.50 bits per heavy atom. The second-order valence-electron chi connectivity index (χ2n) is 9.57. The first-order valence-electron chi connectivity index (χ1n) is 12.4. The van der Waals surface area contributed by atoms with Crippen molar-refractivity contribution in [3.8, 4) is 0 Å². The van der Waals surface area contributed by atoms with Crippen molar-refractivity contribution >= 4 is 27.5 Å². The standard InChI is InChI=1S/C29H34FN3O4S/c1-21(2)31-29(35)27(18-23-11-6-5-7-12-23)32(19-24-14-16-25(30)17-15-24)28(34)20-33(38(4,36)37)26-13-9-8-10-22(26)3/h5-17,21,27H,18-20H2,1-4H3,(H,31,35)/t27-/m0/s1. The second-order valence-corrected chi connectivity index (χ2v) is 11.5. The molecule has 0 aliphatic carbocycles. The average molecular weight is 540 g/mol. The third kappa shape index (κ3) is 7.89. The fourth-order valence-corrected chi connectivity index (χ4v) is 5.07. The van der Waals surface area contributed by atoms with Gasteiger partial charge in [-0.15, -0.1) is 0 Å². The van der Waals surface area contributed by atoms with Crippen molar-refractivity contribution in [2.45, 2.75) is 45.8 Å². The lowest BCUT2D eigenvalue weighted by Gasteiger charge is -2.34. The Hall–Kier alpha value is -3.72. The number of nitrogens with zero attached hydrogens (tertiary/aromatic N) is 2. The molecule has 0 unspecified atom stereocenters. The predicted octanol–water partition coefficient (Wildman–Crippen LogP) is 4.06. The van der Waals surface area contributed by atoms with Crippen LogP contribution in [0, 0.1) is 12.7 Å². The molecule has 0 fully saturated rings. The first kappa shape index (κ1) is 28.8. The number of rotatable bonds is 11. The van der Waals surface area contributed by atoms with Crippen molar-refractivity contribution in [3.05, 3.63) is 101 Å². The third-order valence-electron chi connectivity index (χ3n) is 6.03. The van der Waals surface area contributed by atoms with Crippen molar-refractivity contribution in [1.82, 2.24) is 10.2 Å². The molecule has 1 atom stereocenters. The zero-order valence-electron chi connectivity index (χ0n) is 22.1. The fraction of sp³-hybridized carbons (Fsp3) is 0.310. The van der Waals surface area contributed by atoms with Crippen LogP contribution in [0.15, 0.2) is 78.9 Å². The molecular weight excluding hydrogens is 505 g/mol. The Morgan fingerprint density at radius 3 is 2.08 bits per heavy atom. The Balaban J connectivity index is 2.06. The molecule has 3 aromatic rings. The lowest BCUT2D eigenvalue weighted by Crippen LogP contribution is -2.54. The number of hydrogen-bond acceptors (Lipinski definition) is 4. The van der Waals surface area contributed by atoms with Gasteiger partial charge in [-0.3, -0.25) is 13.9 Å². The number of halogens is 1. The van der Waals surface area contributed by atoms with Gasteiger partial charge in [0.25, 0.3) is 0 Å². The maximum Gasteiger partial charge on any atom is 0.244 e. The van der Waals surface area contributed by atoms with E-state index in [0.29, 0.717) is 16.8 Å². The van der Waals surface area contributed by atoms with Crippen LogP contribution >= 0.6 is 0 Å². The van der Waals surface area contributed by atoms with Crippen LogP contribution in [0.4, 0.5) is 10.1 Å². The number of nitrogens with one attached hydrogen (secondary N) is 1. The highest BCUT2D eigenvalue weighted by Crippen LogP contribution is 2.23. The maximum atomic E-state index is 13.9. The topological polar surface area (TPSA) is 86.8 Å². The third-order valence-corrected chi connectivity index (χ3v) is 7.16. The molecule has 202 valence electrons. The average Bonchev–Trinajstić information content (AvgIpc) is 2.85. The summed E-state index contributed by atoms with van der Waals surface area (Å²) in [7, 11) is -3.84. The molecule has 0 aliphatic rings.